The zero-order valence-electron chi connectivity index (χ0n) is 22.0. The standard InChI is InChI=1S/C24H30N2O5.C2HF3O2/c1-23(2,3)21(28)30-18-10-9-16(14-19(18)31-22(29)24(4,5)6)11-13-26-12-7-8-17(15-26)20(25)27;3-2(4,5)1(6)7/h7-10,12,14-15H,11,13H2,1-6H3,(H-,25,27);(H,6,7). The van der Waals surface area contributed by atoms with E-state index in [-0.39, 0.29) is 11.5 Å². The molecule has 0 fully saturated rings. The predicted molar refractivity (Wildman–Crippen MR) is 127 cm³/mol. The Morgan fingerprint density at radius 2 is 1.39 bits per heavy atom. The second-order valence-electron chi connectivity index (χ2n) is 10.3. The van der Waals surface area contributed by atoms with Crippen LogP contribution >= 0.6 is 0 Å². The van der Waals surface area contributed by atoms with Crippen LogP contribution in [0.1, 0.15) is 57.5 Å². The first-order valence-corrected chi connectivity index (χ1v) is 11.4. The fourth-order valence-electron chi connectivity index (χ4n) is 2.44. The molecule has 0 unspecified atom stereocenters. The van der Waals surface area contributed by atoms with E-state index in [9.17, 15) is 27.6 Å². The summed E-state index contributed by atoms with van der Waals surface area (Å²) in [5.41, 5.74) is 5.22. The Morgan fingerprint density at radius 1 is 0.895 bits per heavy atom. The van der Waals surface area contributed by atoms with Crippen LogP contribution in [0, 0.1) is 10.8 Å². The van der Waals surface area contributed by atoms with Crippen molar-refractivity contribution in [3.63, 3.8) is 0 Å². The van der Waals surface area contributed by atoms with Gasteiger partial charge >= 0.3 is 18.1 Å². The average molecular weight is 541 g/mol. The average Bonchev–Trinajstić information content (AvgIpc) is 2.77. The van der Waals surface area contributed by atoms with Gasteiger partial charge in [-0.1, -0.05) is 6.07 Å². The molecule has 0 saturated heterocycles. The number of ether oxygens (including phenoxy) is 2. The summed E-state index contributed by atoms with van der Waals surface area (Å²) in [5.74, 6) is -3.95. The number of carbonyl (C=O) groups is 4. The van der Waals surface area contributed by atoms with Gasteiger partial charge in [0.05, 0.1) is 10.8 Å². The Balaban J connectivity index is 0.000000905. The lowest BCUT2D eigenvalue weighted by atomic mass is 9.97. The van der Waals surface area contributed by atoms with Gasteiger partial charge in [-0.05, 0) is 65.3 Å². The van der Waals surface area contributed by atoms with E-state index in [1.165, 1.54) is 0 Å². The van der Waals surface area contributed by atoms with E-state index in [1.807, 2.05) is 16.8 Å². The molecule has 2 rings (SSSR count). The van der Waals surface area contributed by atoms with Crippen LogP contribution in [0.3, 0.4) is 0 Å². The maximum absolute atomic E-state index is 12.5. The molecule has 0 spiro atoms. The lowest BCUT2D eigenvalue weighted by molar-refractivity contribution is -0.696. The van der Waals surface area contributed by atoms with Gasteiger partial charge in [0.25, 0.3) is 5.91 Å². The first-order chi connectivity index (χ1) is 17.2. The third kappa shape index (κ3) is 10.6. The second-order valence-corrected chi connectivity index (χ2v) is 10.3. The number of rotatable bonds is 6. The molecule has 208 valence electrons. The highest BCUT2D eigenvalue weighted by Crippen LogP contribution is 2.32. The quantitative estimate of drug-likeness (QED) is 0.337. The molecule has 1 amide bonds. The molecule has 2 N–H and O–H groups in total. The van der Waals surface area contributed by atoms with Crippen LogP contribution in [0.2, 0.25) is 0 Å². The molecule has 0 saturated carbocycles. The van der Waals surface area contributed by atoms with Crippen LogP contribution < -0.4 is 24.9 Å². The van der Waals surface area contributed by atoms with Crippen molar-refractivity contribution in [2.75, 3.05) is 0 Å². The number of aromatic nitrogens is 1. The molecule has 0 aliphatic rings. The Bertz CT molecular complexity index is 1180. The lowest BCUT2D eigenvalue weighted by Gasteiger charge is -2.20. The number of primary amides is 1. The summed E-state index contributed by atoms with van der Waals surface area (Å²) in [4.78, 5) is 45.0. The van der Waals surface area contributed by atoms with Crippen molar-refractivity contribution >= 4 is 23.8 Å². The van der Waals surface area contributed by atoms with Gasteiger partial charge in [0.1, 0.15) is 11.5 Å². The molecular formula is C26H31F3N2O7. The highest BCUT2D eigenvalue weighted by Gasteiger charge is 2.29. The van der Waals surface area contributed by atoms with Gasteiger partial charge in [-0.25, -0.2) is 4.57 Å². The van der Waals surface area contributed by atoms with Crippen LogP contribution in [-0.4, -0.2) is 30.0 Å². The zero-order valence-corrected chi connectivity index (χ0v) is 22.0. The fraction of sp³-hybridized carbons (Fsp3) is 0.423. The normalized spacial score (nSPS) is 11.6. The van der Waals surface area contributed by atoms with Gasteiger partial charge in [0.2, 0.25) is 0 Å². The predicted octanol–water partition coefficient (Wildman–Crippen LogP) is 2.52. The van der Waals surface area contributed by atoms with Gasteiger partial charge < -0.3 is 25.1 Å². The Morgan fingerprint density at radius 3 is 1.84 bits per heavy atom. The highest BCUT2D eigenvalue weighted by atomic mass is 19.4. The van der Waals surface area contributed by atoms with Gasteiger partial charge in [0.15, 0.2) is 30.4 Å². The molecule has 0 radical (unpaired) electrons. The summed E-state index contributed by atoms with van der Waals surface area (Å²) in [7, 11) is 0. The lowest BCUT2D eigenvalue weighted by Crippen LogP contribution is -2.37. The molecule has 0 bridgehead atoms. The van der Waals surface area contributed by atoms with Gasteiger partial charge in [-0.15, -0.1) is 0 Å². The maximum atomic E-state index is 12.5. The van der Waals surface area contributed by atoms with E-state index in [0.29, 0.717) is 18.5 Å². The minimum Gasteiger partial charge on any atom is -0.542 e. The van der Waals surface area contributed by atoms with Crippen molar-refractivity contribution in [3.8, 4) is 11.5 Å². The van der Waals surface area contributed by atoms with Crippen molar-refractivity contribution in [1.29, 1.82) is 0 Å². The number of esters is 2. The Labute approximate surface area is 218 Å². The van der Waals surface area contributed by atoms with Crippen LogP contribution in [0.4, 0.5) is 13.2 Å². The first-order valence-electron chi connectivity index (χ1n) is 11.4. The number of halogens is 3. The van der Waals surface area contributed by atoms with Gasteiger partial charge in [0, 0.05) is 12.5 Å². The number of benzene rings is 1. The number of amides is 1. The monoisotopic (exact) mass is 540 g/mol. The number of aliphatic carboxylic acids is 1. The molecule has 0 aliphatic carbocycles. The summed E-state index contributed by atoms with van der Waals surface area (Å²) in [6.45, 7) is 11.1. The Hall–Kier alpha value is -3.96. The maximum Gasteiger partial charge on any atom is 0.430 e. The largest absolute Gasteiger partial charge is 0.542 e. The minimum atomic E-state index is -5.19. The molecule has 2 aromatic rings. The van der Waals surface area contributed by atoms with E-state index in [4.69, 9.17) is 25.1 Å². The molecular weight excluding hydrogens is 509 g/mol. The van der Waals surface area contributed by atoms with Crippen molar-refractivity contribution in [1.82, 2.24) is 0 Å². The van der Waals surface area contributed by atoms with Gasteiger partial charge in [-0.3, -0.25) is 14.4 Å². The summed E-state index contributed by atoms with van der Waals surface area (Å²) in [5, 5.41) is 8.78. The van der Waals surface area contributed by atoms with Crippen molar-refractivity contribution in [2.45, 2.75) is 60.7 Å². The molecule has 0 aliphatic heterocycles. The summed E-state index contributed by atoms with van der Waals surface area (Å²) in [6, 6.07) is 8.56. The third-order valence-electron chi connectivity index (χ3n) is 4.67. The molecule has 0 atom stereocenters. The number of carbonyl (C=O) groups excluding carboxylic acids is 4. The summed E-state index contributed by atoms with van der Waals surface area (Å²) < 4.78 is 44.5. The number of carboxylic acids is 1. The van der Waals surface area contributed by atoms with Crippen molar-refractivity contribution in [2.24, 2.45) is 16.6 Å². The SMILES string of the molecule is CC(C)(C)C(=O)Oc1ccc(CC[n+]2cccc(C(N)=O)c2)cc1OC(=O)C(C)(C)C.O=C([O-])C(F)(F)F. The number of carboxylic acid groups (broad SMARTS) is 1. The van der Waals surface area contributed by atoms with Crippen LogP contribution in [0.5, 0.6) is 11.5 Å². The van der Waals surface area contributed by atoms with E-state index in [1.54, 1.807) is 72.0 Å². The summed E-state index contributed by atoms with van der Waals surface area (Å²) >= 11 is 0. The van der Waals surface area contributed by atoms with Crippen LogP contribution in [0.15, 0.2) is 42.7 Å². The summed E-state index contributed by atoms with van der Waals surface area (Å²) in [6.07, 6.45) is -1.07. The van der Waals surface area contributed by atoms with Crippen LogP contribution in [-0.2, 0) is 27.3 Å². The number of nitrogens with two attached hydrogens (primary N) is 1. The number of alkyl halides is 3. The minimum absolute atomic E-state index is 0.199. The molecule has 1 aromatic heterocycles. The molecule has 9 nitrogen and oxygen atoms in total. The number of aryl methyl sites for hydroxylation is 2. The number of hydrogen-bond donors (Lipinski definition) is 1. The van der Waals surface area contributed by atoms with E-state index in [0.717, 1.165) is 5.56 Å². The van der Waals surface area contributed by atoms with E-state index in [2.05, 4.69) is 0 Å². The van der Waals surface area contributed by atoms with Crippen molar-refractivity contribution < 1.29 is 51.5 Å². The van der Waals surface area contributed by atoms with Crippen molar-refractivity contribution in [3.05, 3.63) is 53.9 Å². The van der Waals surface area contributed by atoms with Crippen LogP contribution in [0.25, 0.3) is 0 Å². The molecule has 12 heteroatoms. The topological polar surface area (TPSA) is 140 Å². The highest BCUT2D eigenvalue weighted by molar-refractivity contribution is 5.92. The smallest absolute Gasteiger partial charge is 0.430 e. The second kappa shape index (κ2) is 12.5. The molecule has 38 heavy (non-hydrogen) atoms. The first kappa shape index (κ1) is 32.1. The van der Waals surface area contributed by atoms with Gasteiger partial charge in [-0.2, -0.15) is 13.2 Å². The van der Waals surface area contributed by atoms with E-state index < -0.39 is 40.8 Å². The fourth-order valence-corrected chi connectivity index (χ4v) is 2.44. The van der Waals surface area contributed by atoms with E-state index >= 15 is 0 Å². The zero-order chi connectivity index (χ0) is 29.5. The number of hydrogen-bond acceptors (Lipinski definition) is 7. The molecule has 1 aromatic carbocycles. The molecule has 1 heterocycles. The number of nitrogens with zero attached hydrogens (tertiary/aromatic N) is 1. The Kier molecular flexibility index (Phi) is 10.6. The third-order valence-corrected chi connectivity index (χ3v) is 4.67. The number of pyridine rings is 1.